The van der Waals surface area contributed by atoms with E-state index in [0.29, 0.717) is 5.92 Å². The van der Waals surface area contributed by atoms with Gasteiger partial charge in [-0.15, -0.1) is 5.10 Å². The van der Waals surface area contributed by atoms with E-state index in [1.807, 2.05) is 11.7 Å². The highest BCUT2D eigenvalue weighted by Crippen LogP contribution is 2.37. The number of aromatic nitrogens is 2. The first-order valence-corrected chi connectivity index (χ1v) is 4.89. The van der Waals surface area contributed by atoms with Crippen LogP contribution in [0.25, 0.3) is 0 Å². The molecule has 1 heterocycles. The number of nitrogens with zero attached hydrogens (tertiary/aromatic N) is 2. The number of rotatable bonds is 2. The van der Waals surface area contributed by atoms with Crippen molar-refractivity contribution in [1.29, 1.82) is 0 Å². The molecule has 13 heavy (non-hydrogen) atoms. The first-order valence-electron chi connectivity index (χ1n) is 4.89. The van der Waals surface area contributed by atoms with Crippen molar-refractivity contribution < 1.29 is 4.74 Å². The maximum absolute atomic E-state index is 5.25. The Hall–Kier alpha value is -0.990. The van der Waals surface area contributed by atoms with E-state index < -0.39 is 0 Å². The molecule has 3 nitrogen and oxygen atoms in total. The Bertz CT molecular complexity index is 287. The van der Waals surface area contributed by atoms with Crippen LogP contribution in [0, 0.1) is 0 Å². The van der Waals surface area contributed by atoms with Crippen LogP contribution in [-0.2, 0) is 7.05 Å². The Morgan fingerprint density at radius 3 is 2.77 bits per heavy atom. The van der Waals surface area contributed by atoms with Gasteiger partial charge in [0, 0.05) is 18.8 Å². The molecular weight excluding hydrogens is 164 g/mol. The highest BCUT2D eigenvalue weighted by molar-refractivity contribution is 5.28. The van der Waals surface area contributed by atoms with E-state index in [0.717, 1.165) is 5.88 Å². The number of hydrogen-bond acceptors (Lipinski definition) is 2. The van der Waals surface area contributed by atoms with Crippen LogP contribution in [0.5, 0.6) is 5.88 Å². The average molecular weight is 180 g/mol. The average Bonchev–Trinajstić information content (AvgIpc) is 2.71. The van der Waals surface area contributed by atoms with Crippen molar-refractivity contribution in [2.45, 2.75) is 31.6 Å². The lowest BCUT2D eigenvalue weighted by molar-refractivity contribution is 0.384. The molecule has 0 bridgehead atoms. The van der Waals surface area contributed by atoms with Crippen molar-refractivity contribution in [3.05, 3.63) is 11.8 Å². The summed E-state index contributed by atoms with van der Waals surface area (Å²) in [6, 6.07) is 0. The third-order valence-corrected chi connectivity index (χ3v) is 2.81. The second-order valence-electron chi connectivity index (χ2n) is 3.75. The monoisotopic (exact) mass is 180 g/mol. The van der Waals surface area contributed by atoms with Crippen molar-refractivity contribution in [2.75, 3.05) is 7.11 Å². The predicted molar refractivity (Wildman–Crippen MR) is 51.0 cm³/mol. The molecule has 0 radical (unpaired) electrons. The number of ether oxygens (including phenoxy) is 1. The molecule has 0 aliphatic heterocycles. The topological polar surface area (TPSA) is 27.1 Å². The maximum atomic E-state index is 5.25. The van der Waals surface area contributed by atoms with Crippen molar-refractivity contribution in [3.63, 3.8) is 0 Å². The van der Waals surface area contributed by atoms with Gasteiger partial charge in [-0.1, -0.05) is 12.8 Å². The van der Waals surface area contributed by atoms with Crippen molar-refractivity contribution in [1.82, 2.24) is 9.78 Å². The Labute approximate surface area is 78.7 Å². The molecule has 0 N–H and O–H groups in total. The van der Waals surface area contributed by atoms with Gasteiger partial charge in [0.15, 0.2) is 0 Å². The van der Waals surface area contributed by atoms with E-state index in [1.165, 1.54) is 31.2 Å². The van der Waals surface area contributed by atoms with Crippen LogP contribution >= 0.6 is 0 Å². The minimum Gasteiger partial charge on any atom is -0.480 e. The summed E-state index contributed by atoms with van der Waals surface area (Å²) in [5, 5.41) is 4.27. The van der Waals surface area contributed by atoms with E-state index in [9.17, 15) is 0 Å². The number of hydrogen-bond donors (Lipinski definition) is 0. The summed E-state index contributed by atoms with van der Waals surface area (Å²) in [6.07, 6.45) is 7.38. The first-order chi connectivity index (χ1) is 6.31. The molecule has 0 unspecified atom stereocenters. The molecule has 2 rings (SSSR count). The van der Waals surface area contributed by atoms with Crippen LogP contribution < -0.4 is 4.74 Å². The number of aryl methyl sites for hydroxylation is 1. The lowest BCUT2D eigenvalue weighted by Gasteiger charge is -2.06. The third kappa shape index (κ3) is 1.55. The highest BCUT2D eigenvalue weighted by atomic mass is 16.5. The largest absolute Gasteiger partial charge is 0.480 e. The van der Waals surface area contributed by atoms with Gasteiger partial charge in [-0.05, 0) is 18.8 Å². The van der Waals surface area contributed by atoms with Crippen LogP contribution in [0.4, 0.5) is 0 Å². The Morgan fingerprint density at radius 1 is 1.46 bits per heavy atom. The molecule has 0 aromatic carbocycles. The quantitative estimate of drug-likeness (QED) is 0.696. The second kappa shape index (κ2) is 3.40. The van der Waals surface area contributed by atoms with Gasteiger partial charge in [0.25, 0.3) is 0 Å². The molecule has 1 aliphatic carbocycles. The molecule has 3 heteroatoms. The van der Waals surface area contributed by atoms with E-state index in [1.54, 1.807) is 7.11 Å². The van der Waals surface area contributed by atoms with Crippen LogP contribution in [0.2, 0.25) is 0 Å². The van der Waals surface area contributed by atoms with E-state index in [4.69, 9.17) is 4.74 Å². The third-order valence-electron chi connectivity index (χ3n) is 2.81. The van der Waals surface area contributed by atoms with Gasteiger partial charge in [0.1, 0.15) is 0 Å². The molecule has 1 aromatic rings. The van der Waals surface area contributed by atoms with Crippen LogP contribution in [-0.4, -0.2) is 16.9 Å². The summed E-state index contributed by atoms with van der Waals surface area (Å²) in [7, 11) is 3.64. The van der Waals surface area contributed by atoms with Crippen molar-refractivity contribution in [2.24, 2.45) is 7.05 Å². The molecule has 0 amide bonds. The zero-order valence-electron chi connectivity index (χ0n) is 8.29. The molecule has 0 atom stereocenters. The molecule has 1 saturated carbocycles. The zero-order chi connectivity index (χ0) is 9.26. The summed E-state index contributed by atoms with van der Waals surface area (Å²) in [6.45, 7) is 0. The summed E-state index contributed by atoms with van der Waals surface area (Å²) in [5.41, 5.74) is 1.29. The van der Waals surface area contributed by atoms with Crippen molar-refractivity contribution in [3.8, 4) is 5.88 Å². The minimum atomic E-state index is 0.684. The van der Waals surface area contributed by atoms with E-state index in [-0.39, 0.29) is 0 Å². The van der Waals surface area contributed by atoms with Crippen LogP contribution in [0.3, 0.4) is 0 Å². The Morgan fingerprint density at radius 2 is 2.15 bits per heavy atom. The zero-order valence-corrected chi connectivity index (χ0v) is 8.29. The van der Waals surface area contributed by atoms with Gasteiger partial charge in [0.05, 0.1) is 7.11 Å². The molecule has 0 spiro atoms. The molecular formula is C10H16N2O. The smallest absolute Gasteiger partial charge is 0.235 e. The molecule has 72 valence electrons. The van der Waals surface area contributed by atoms with Gasteiger partial charge in [-0.25, -0.2) is 0 Å². The van der Waals surface area contributed by atoms with Gasteiger partial charge in [-0.2, -0.15) is 0 Å². The summed E-state index contributed by atoms with van der Waals surface area (Å²) in [4.78, 5) is 0. The molecule has 0 saturated heterocycles. The molecule has 1 fully saturated rings. The van der Waals surface area contributed by atoms with Crippen LogP contribution in [0.1, 0.15) is 37.2 Å². The SMILES string of the molecule is COc1nn(C)cc1C1CCCC1. The fraction of sp³-hybridized carbons (Fsp3) is 0.700. The van der Waals surface area contributed by atoms with Gasteiger partial charge in [-0.3, -0.25) is 4.68 Å². The number of methoxy groups -OCH3 is 1. The summed E-state index contributed by atoms with van der Waals surface area (Å²) >= 11 is 0. The highest BCUT2D eigenvalue weighted by Gasteiger charge is 2.22. The summed E-state index contributed by atoms with van der Waals surface area (Å²) < 4.78 is 7.09. The fourth-order valence-corrected chi connectivity index (χ4v) is 2.16. The Balaban J connectivity index is 2.26. The second-order valence-corrected chi connectivity index (χ2v) is 3.75. The first kappa shape index (κ1) is 8.60. The van der Waals surface area contributed by atoms with Gasteiger partial charge in [0.2, 0.25) is 5.88 Å². The normalized spacial score (nSPS) is 18.0. The lowest BCUT2D eigenvalue weighted by Crippen LogP contribution is -1.94. The standard InChI is InChI=1S/C10H16N2O/c1-12-7-9(10(11-12)13-2)8-5-3-4-6-8/h7-8H,3-6H2,1-2H3. The van der Waals surface area contributed by atoms with Crippen LogP contribution in [0.15, 0.2) is 6.20 Å². The molecule has 1 aliphatic rings. The van der Waals surface area contributed by atoms with Gasteiger partial charge < -0.3 is 4.74 Å². The van der Waals surface area contributed by atoms with Crippen molar-refractivity contribution >= 4 is 0 Å². The predicted octanol–water partition coefficient (Wildman–Crippen LogP) is 2.09. The van der Waals surface area contributed by atoms with E-state index >= 15 is 0 Å². The lowest BCUT2D eigenvalue weighted by atomic mass is 10.0. The maximum Gasteiger partial charge on any atom is 0.235 e. The Kier molecular flexibility index (Phi) is 2.25. The minimum absolute atomic E-state index is 0.684. The summed E-state index contributed by atoms with van der Waals surface area (Å²) in [5.74, 6) is 1.50. The van der Waals surface area contributed by atoms with Gasteiger partial charge >= 0.3 is 0 Å². The van der Waals surface area contributed by atoms with E-state index in [2.05, 4.69) is 11.3 Å². The fourth-order valence-electron chi connectivity index (χ4n) is 2.16. The molecule has 1 aromatic heterocycles.